The Hall–Kier alpha value is -3.60. The SMILES string of the molecule is CCOC(=O)N1CCC(Nc2cc(C(=O)Nc3ccc(C#N)cc3)ccn2)CC1. The molecule has 8 nitrogen and oxygen atoms in total. The summed E-state index contributed by atoms with van der Waals surface area (Å²) >= 11 is 0. The van der Waals surface area contributed by atoms with E-state index in [0.29, 0.717) is 42.3 Å². The van der Waals surface area contributed by atoms with Crippen LogP contribution in [0.1, 0.15) is 35.7 Å². The molecule has 0 spiro atoms. The second kappa shape index (κ2) is 9.55. The molecule has 3 rings (SSSR count). The number of nitrogens with one attached hydrogen (secondary N) is 2. The number of nitriles is 1. The van der Waals surface area contributed by atoms with Crippen molar-refractivity contribution in [3.63, 3.8) is 0 Å². The lowest BCUT2D eigenvalue weighted by atomic mass is 10.1. The lowest BCUT2D eigenvalue weighted by Gasteiger charge is -2.31. The molecular weight excluding hydrogens is 370 g/mol. The zero-order chi connectivity index (χ0) is 20.6. The topological polar surface area (TPSA) is 107 Å². The molecule has 1 aliphatic heterocycles. The number of amides is 2. The van der Waals surface area contributed by atoms with E-state index in [1.165, 1.54) is 0 Å². The Bertz CT molecular complexity index is 899. The molecule has 1 aromatic heterocycles. The van der Waals surface area contributed by atoms with Crippen LogP contribution in [0.15, 0.2) is 42.6 Å². The van der Waals surface area contributed by atoms with Crippen LogP contribution in [-0.2, 0) is 4.74 Å². The second-order valence-electron chi connectivity index (χ2n) is 6.68. The first-order valence-corrected chi connectivity index (χ1v) is 9.55. The minimum atomic E-state index is -0.273. The van der Waals surface area contributed by atoms with Crippen molar-refractivity contribution in [2.75, 3.05) is 30.3 Å². The largest absolute Gasteiger partial charge is 0.450 e. The number of benzene rings is 1. The summed E-state index contributed by atoms with van der Waals surface area (Å²) in [6.45, 7) is 3.41. The summed E-state index contributed by atoms with van der Waals surface area (Å²) in [4.78, 5) is 30.3. The second-order valence-corrected chi connectivity index (χ2v) is 6.68. The van der Waals surface area contributed by atoms with E-state index in [9.17, 15) is 9.59 Å². The summed E-state index contributed by atoms with van der Waals surface area (Å²) < 4.78 is 5.03. The first-order chi connectivity index (χ1) is 14.1. The van der Waals surface area contributed by atoms with E-state index >= 15 is 0 Å². The smallest absolute Gasteiger partial charge is 0.409 e. The molecule has 8 heteroatoms. The number of ether oxygens (including phenoxy) is 1. The first kappa shape index (κ1) is 20.1. The number of hydrogen-bond donors (Lipinski definition) is 2. The highest BCUT2D eigenvalue weighted by Crippen LogP contribution is 2.18. The normalized spacial score (nSPS) is 14.0. The minimum absolute atomic E-state index is 0.171. The van der Waals surface area contributed by atoms with Gasteiger partial charge in [-0.3, -0.25) is 4.79 Å². The number of pyridine rings is 1. The molecule has 1 aromatic carbocycles. The Labute approximate surface area is 169 Å². The minimum Gasteiger partial charge on any atom is -0.450 e. The Kier molecular flexibility index (Phi) is 6.63. The van der Waals surface area contributed by atoms with Crippen LogP contribution in [0.5, 0.6) is 0 Å². The molecule has 2 heterocycles. The molecule has 29 heavy (non-hydrogen) atoms. The van der Waals surface area contributed by atoms with Crippen LogP contribution in [0.25, 0.3) is 0 Å². The number of nitrogens with zero attached hydrogens (tertiary/aromatic N) is 3. The van der Waals surface area contributed by atoms with Crippen LogP contribution < -0.4 is 10.6 Å². The maximum Gasteiger partial charge on any atom is 0.409 e. The van der Waals surface area contributed by atoms with Gasteiger partial charge in [0.05, 0.1) is 18.2 Å². The van der Waals surface area contributed by atoms with Gasteiger partial charge in [0.25, 0.3) is 5.91 Å². The maximum atomic E-state index is 12.5. The van der Waals surface area contributed by atoms with Crippen LogP contribution in [0.4, 0.5) is 16.3 Å². The van der Waals surface area contributed by atoms with Gasteiger partial charge in [-0.1, -0.05) is 0 Å². The monoisotopic (exact) mass is 393 g/mol. The molecule has 1 aliphatic rings. The molecule has 150 valence electrons. The molecule has 1 fully saturated rings. The first-order valence-electron chi connectivity index (χ1n) is 9.55. The predicted molar refractivity (Wildman–Crippen MR) is 109 cm³/mol. The Balaban J connectivity index is 1.56. The third-order valence-corrected chi connectivity index (χ3v) is 4.67. The number of carbonyl (C=O) groups is 2. The molecule has 2 amide bonds. The van der Waals surface area contributed by atoms with Gasteiger partial charge >= 0.3 is 6.09 Å². The summed E-state index contributed by atoms with van der Waals surface area (Å²) in [6, 6.07) is 12.2. The van der Waals surface area contributed by atoms with Gasteiger partial charge in [-0.05, 0) is 56.2 Å². The van der Waals surface area contributed by atoms with Crippen LogP contribution in [0.2, 0.25) is 0 Å². The molecular formula is C21H23N5O3. The van der Waals surface area contributed by atoms with Crippen molar-refractivity contribution in [1.82, 2.24) is 9.88 Å². The zero-order valence-electron chi connectivity index (χ0n) is 16.2. The van der Waals surface area contributed by atoms with Gasteiger partial charge < -0.3 is 20.3 Å². The van der Waals surface area contributed by atoms with E-state index in [0.717, 1.165) is 12.8 Å². The van der Waals surface area contributed by atoms with Crippen LogP contribution >= 0.6 is 0 Å². The van der Waals surface area contributed by atoms with E-state index in [1.807, 2.05) is 6.07 Å². The number of anilines is 2. The van der Waals surface area contributed by atoms with E-state index in [1.54, 1.807) is 54.4 Å². The van der Waals surface area contributed by atoms with E-state index in [4.69, 9.17) is 10.00 Å². The highest BCUT2D eigenvalue weighted by atomic mass is 16.6. The predicted octanol–water partition coefficient (Wildman–Crippen LogP) is 3.24. The van der Waals surface area contributed by atoms with Gasteiger partial charge in [-0.15, -0.1) is 0 Å². The van der Waals surface area contributed by atoms with Crippen molar-refractivity contribution in [2.24, 2.45) is 0 Å². The van der Waals surface area contributed by atoms with Gasteiger partial charge in [0.1, 0.15) is 5.82 Å². The molecule has 2 N–H and O–H groups in total. The van der Waals surface area contributed by atoms with Crippen molar-refractivity contribution in [2.45, 2.75) is 25.8 Å². The Morgan fingerprint density at radius 1 is 1.24 bits per heavy atom. The number of likely N-dealkylation sites (tertiary alicyclic amines) is 1. The molecule has 0 aliphatic carbocycles. The summed E-state index contributed by atoms with van der Waals surface area (Å²) in [6.07, 6.45) is 2.87. The van der Waals surface area contributed by atoms with Gasteiger partial charge in [0.15, 0.2) is 0 Å². The third kappa shape index (κ3) is 5.45. The quantitative estimate of drug-likeness (QED) is 0.807. The summed E-state index contributed by atoms with van der Waals surface area (Å²) in [5.41, 5.74) is 1.63. The molecule has 0 unspecified atom stereocenters. The van der Waals surface area contributed by atoms with Crippen molar-refractivity contribution in [3.8, 4) is 6.07 Å². The van der Waals surface area contributed by atoms with E-state index in [2.05, 4.69) is 15.6 Å². The molecule has 0 radical (unpaired) electrons. The van der Waals surface area contributed by atoms with Crippen molar-refractivity contribution >= 4 is 23.5 Å². The molecule has 0 bridgehead atoms. The van der Waals surface area contributed by atoms with Gasteiger partial charge in [-0.25, -0.2) is 9.78 Å². The van der Waals surface area contributed by atoms with Gasteiger partial charge in [0.2, 0.25) is 0 Å². The summed E-state index contributed by atoms with van der Waals surface area (Å²) in [7, 11) is 0. The summed E-state index contributed by atoms with van der Waals surface area (Å²) in [5, 5.41) is 15.0. The molecule has 1 saturated heterocycles. The average molecular weight is 393 g/mol. The van der Waals surface area contributed by atoms with Crippen LogP contribution in [0.3, 0.4) is 0 Å². The average Bonchev–Trinajstić information content (AvgIpc) is 2.75. The lowest BCUT2D eigenvalue weighted by Crippen LogP contribution is -2.42. The molecule has 0 saturated carbocycles. The van der Waals surface area contributed by atoms with Gasteiger partial charge in [-0.2, -0.15) is 5.26 Å². The number of rotatable bonds is 5. The lowest BCUT2D eigenvalue weighted by molar-refractivity contribution is 0.0981. The highest BCUT2D eigenvalue weighted by Gasteiger charge is 2.23. The molecule has 0 atom stereocenters. The van der Waals surface area contributed by atoms with Crippen molar-refractivity contribution < 1.29 is 14.3 Å². The Morgan fingerprint density at radius 3 is 2.62 bits per heavy atom. The molecule has 2 aromatic rings. The van der Waals surface area contributed by atoms with Gasteiger partial charge in [0, 0.05) is 36.6 Å². The number of hydrogen-bond acceptors (Lipinski definition) is 6. The summed E-state index contributed by atoms with van der Waals surface area (Å²) in [5.74, 6) is 0.365. The van der Waals surface area contributed by atoms with E-state index in [-0.39, 0.29) is 18.0 Å². The highest BCUT2D eigenvalue weighted by molar-refractivity contribution is 6.04. The standard InChI is InChI=1S/C21H23N5O3/c1-2-29-21(28)26-11-8-18(9-12-26)24-19-13-16(7-10-23-19)20(27)25-17-5-3-15(14-22)4-6-17/h3-7,10,13,18H,2,8-9,11-12H2,1H3,(H,23,24)(H,25,27). The fraction of sp³-hybridized carbons (Fsp3) is 0.333. The van der Waals surface area contributed by atoms with Crippen molar-refractivity contribution in [1.29, 1.82) is 5.26 Å². The van der Waals surface area contributed by atoms with Crippen LogP contribution in [0, 0.1) is 11.3 Å². The van der Waals surface area contributed by atoms with Crippen molar-refractivity contribution in [3.05, 3.63) is 53.7 Å². The third-order valence-electron chi connectivity index (χ3n) is 4.67. The van der Waals surface area contributed by atoms with E-state index < -0.39 is 0 Å². The number of carbonyl (C=O) groups excluding carboxylic acids is 2. The number of aromatic nitrogens is 1. The maximum absolute atomic E-state index is 12.5. The Morgan fingerprint density at radius 2 is 1.97 bits per heavy atom. The number of piperidine rings is 1. The fourth-order valence-corrected chi connectivity index (χ4v) is 3.11. The van der Waals surface area contributed by atoms with Crippen LogP contribution in [-0.4, -0.2) is 47.6 Å². The fourth-order valence-electron chi connectivity index (χ4n) is 3.11. The zero-order valence-corrected chi connectivity index (χ0v) is 16.2.